The summed E-state index contributed by atoms with van der Waals surface area (Å²) in [6, 6.07) is 4.89. The number of halogens is 3. The maximum Gasteiger partial charge on any atom is 0.387 e. The van der Waals surface area contributed by atoms with Crippen LogP contribution >= 0.6 is 11.6 Å². The Labute approximate surface area is 103 Å². The number of ether oxygens (including phenoxy) is 2. The van der Waals surface area contributed by atoms with Gasteiger partial charge in [0.05, 0.1) is 17.7 Å². The molecule has 2 rings (SSSR count). The second kappa shape index (κ2) is 5.51. The number of benzene rings is 1. The van der Waals surface area contributed by atoms with Crippen LogP contribution in [0.5, 0.6) is 5.75 Å². The first-order valence-corrected chi connectivity index (χ1v) is 5.61. The molecule has 0 saturated carbocycles. The molecule has 1 heterocycles. The second-order valence-corrected chi connectivity index (χ2v) is 4.14. The average Bonchev–Trinajstić information content (AvgIpc) is 2.74. The summed E-state index contributed by atoms with van der Waals surface area (Å²) in [6.07, 6.45) is 0.924. The monoisotopic (exact) mass is 263 g/mol. The topological polar surface area (TPSA) is 30.5 Å². The van der Waals surface area contributed by atoms with Gasteiger partial charge < -0.3 is 14.8 Å². The summed E-state index contributed by atoms with van der Waals surface area (Å²) in [5, 5.41) is 3.37. The van der Waals surface area contributed by atoms with E-state index >= 15 is 0 Å². The lowest BCUT2D eigenvalue weighted by atomic mass is 10.2. The van der Waals surface area contributed by atoms with E-state index < -0.39 is 6.61 Å². The summed E-state index contributed by atoms with van der Waals surface area (Å²) in [7, 11) is 0. The van der Waals surface area contributed by atoms with Crippen molar-refractivity contribution >= 4 is 17.3 Å². The lowest BCUT2D eigenvalue weighted by Gasteiger charge is -2.13. The van der Waals surface area contributed by atoms with Crippen molar-refractivity contribution < 1.29 is 18.3 Å². The third-order valence-electron chi connectivity index (χ3n) is 2.45. The predicted octanol–water partition coefficient (Wildman–Crippen LogP) is 3.14. The van der Waals surface area contributed by atoms with Gasteiger partial charge in [0.15, 0.2) is 0 Å². The van der Waals surface area contributed by atoms with Crippen LogP contribution in [0.4, 0.5) is 14.5 Å². The molecule has 0 radical (unpaired) electrons. The van der Waals surface area contributed by atoms with E-state index in [9.17, 15) is 8.78 Å². The summed E-state index contributed by atoms with van der Waals surface area (Å²) >= 11 is 5.83. The van der Waals surface area contributed by atoms with Crippen LogP contribution in [0.3, 0.4) is 0 Å². The number of hydrogen-bond donors (Lipinski definition) is 1. The van der Waals surface area contributed by atoms with Gasteiger partial charge >= 0.3 is 6.61 Å². The van der Waals surface area contributed by atoms with Crippen molar-refractivity contribution in [2.45, 2.75) is 19.1 Å². The van der Waals surface area contributed by atoms with Crippen LogP contribution in [-0.4, -0.2) is 25.9 Å². The Morgan fingerprint density at radius 1 is 1.47 bits per heavy atom. The molecule has 1 saturated heterocycles. The molecule has 1 aliphatic heterocycles. The third-order valence-corrected chi connectivity index (χ3v) is 2.74. The number of anilines is 1. The van der Waals surface area contributed by atoms with Crippen molar-refractivity contribution in [2.24, 2.45) is 0 Å². The molecule has 1 N–H and O–H groups in total. The van der Waals surface area contributed by atoms with Gasteiger partial charge in [0.2, 0.25) is 0 Å². The predicted molar refractivity (Wildman–Crippen MR) is 60.9 cm³/mol. The number of hydrogen-bond acceptors (Lipinski definition) is 3. The molecule has 3 nitrogen and oxygen atoms in total. The summed E-state index contributed by atoms with van der Waals surface area (Å²) in [4.78, 5) is 0. The van der Waals surface area contributed by atoms with Crippen LogP contribution in [0.2, 0.25) is 5.02 Å². The highest BCUT2D eigenvalue weighted by Gasteiger charge is 2.16. The van der Waals surface area contributed by atoms with Gasteiger partial charge in [0.25, 0.3) is 0 Å². The summed E-state index contributed by atoms with van der Waals surface area (Å²) in [5.41, 5.74) is 0.770. The van der Waals surface area contributed by atoms with E-state index in [1.54, 1.807) is 12.1 Å². The quantitative estimate of drug-likeness (QED) is 0.905. The summed E-state index contributed by atoms with van der Waals surface area (Å²) < 4.78 is 33.5. The van der Waals surface area contributed by atoms with Crippen LogP contribution in [0.15, 0.2) is 18.2 Å². The Kier molecular flexibility index (Phi) is 4.02. The summed E-state index contributed by atoms with van der Waals surface area (Å²) in [5.74, 6) is -0.0186. The van der Waals surface area contributed by atoms with E-state index in [4.69, 9.17) is 16.3 Å². The number of nitrogens with one attached hydrogen (secondary N) is 1. The van der Waals surface area contributed by atoms with Gasteiger partial charge in [-0.25, -0.2) is 0 Å². The van der Waals surface area contributed by atoms with Crippen molar-refractivity contribution in [3.8, 4) is 5.75 Å². The molecule has 1 unspecified atom stereocenters. The standard InChI is InChI=1S/C11H12ClF2NO2/c12-9-5-7(15-8-3-4-16-6-8)1-2-10(9)17-11(13)14/h1-2,5,8,11,15H,3-4,6H2. The van der Waals surface area contributed by atoms with Gasteiger partial charge in [-0.2, -0.15) is 8.78 Å². The molecule has 1 aromatic carbocycles. The highest BCUT2D eigenvalue weighted by Crippen LogP contribution is 2.29. The minimum absolute atomic E-state index is 0.0186. The number of rotatable bonds is 4. The maximum atomic E-state index is 12.0. The SMILES string of the molecule is FC(F)Oc1ccc(NC2CCOC2)cc1Cl. The van der Waals surface area contributed by atoms with E-state index in [1.165, 1.54) is 6.07 Å². The minimum atomic E-state index is -2.87. The molecular weight excluding hydrogens is 252 g/mol. The van der Waals surface area contributed by atoms with E-state index in [1.807, 2.05) is 0 Å². The highest BCUT2D eigenvalue weighted by atomic mass is 35.5. The fourth-order valence-electron chi connectivity index (χ4n) is 1.67. The van der Waals surface area contributed by atoms with Gasteiger partial charge in [0.1, 0.15) is 5.75 Å². The van der Waals surface area contributed by atoms with E-state index in [-0.39, 0.29) is 16.8 Å². The van der Waals surface area contributed by atoms with Crippen molar-refractivity contribution in [3.05, 3.63) is 23.2 Å². The lowest BCUT2D eigenvalue weighted by molar-refractivity contribution is -0.0497. The molecule has 17 heavy (non-hydrogen) atoms. The molecule has 1 aromatic rings. The molecule has 0 amide bonds. The second-order valence-electron chi connectivity index (χ2n) is 3.73. The van der Waals surface area contributed by atoms with Crippen LogP contribution in [0.25, 0.3) is 0 Å². The highest BCUT2D eigenvalue weighted by molar-refractivity contribution is 6.32. The van der Waals surface area contributed by atoms with Crippen LogP contribution in [0.1, 0.15) is 6.42 Å². The molecule has 6 heteroatoms. The molecule has 1 fully saturated rings. The molecule has 94 valence electrons. The fourth-order valence-corrected chi connectivity index (χ4v) is 1.89. The molecular formula is C11H12ClF2NO2. The first-order chi connectivity index (χ1) is 8.15. The zero-order valence-corrected chi connectivity index (χ0v) is 9.71. The van der Waals surface area contributed by atoms with E-state index in [2.05, 4.69) is 10.1 Å². The zero-order valence-electron chi connectivity index (χ0n) is 8.96. The normalized spacial score (nSPS) is 19.6. The molecule has 0 spiro atoms. The van der Waals surface area contributed by atoms with Crippen LogP contribution in [0, 0.1) is 0 Å². The van der Waals surface area contributed by atoms with Gasteiger partial charge in [-0.15, -0.1) is 0 Å². The van der Waals surface area contributed by atoms with Gasteiger partial charge in [-0.3, -0.25) is 0 Å². The molecule has 0 aliphatic carbocycles. The zero-order chi connectivity index (χ0) is 12.3. The first kappa shape index (κ1) is 12.4. The third kappa shape index (κ3) is 3.44. The van der Waals surface area contributed by atoms with Gasteiger partial charge in [-0.05, 0) is 24.6 Å². The van der Waals surface area contributed by atoms with Crippen LogP contribution < -0.4 is 10.1 Å². The molecule has 1 aliphatic rings. The van der Waals surface area contributed by atoms with Crippen molar-refractivity contribution in [3.63, 3.8) is 0 Å². The molecule has 1 atom stereocenters. The Morgan fingerprint density at radius 2 is 2.29 bits per heavy atom. The van der Waals surface area contributed by atoms with E-state index in [0.29, 0.717) is 6.61 Å². The average molecular weight is 264 g/mol. The van der Waals surface area contributed by atoms with Crippen LogP contribution in [-0.2, 0) is 4.74 Å². The Hall–Kier alpha value is -1.07. The van der Waals surface area contributed by atoms with Crippen molar-refractivity contribution in [1.82, 2.24) is 0 Å². The Bertz CT molecular complexity index is 384. The largest absolute Gasteiger partial charge is 0.433 e. The molecule has 0 bridgehead atoms. The maximum absolute atomic E-state index is 12.0. The Balaban J connectivity index is 2.02. The van der Waals surface area contributed by atoms with Crippen molar-refractivity contribution in [1.29, 1.82) is 0 Å². The Morgan fingerprint density at radius 3 is 2.88 bits per heavy atom. The van der Waals surface area contributed by atoms with E-state index in [0.717, 1.165) is 18.7 Å². The number of alkyl halides is 2. The molecule has 0 aromatic heterocycles. The minimum Gasteiger partial charge on any atom is -0.433 e. The lowest BCUT2D eigenvalue weighted by Crippen LogP contribution is -2.18. The first-order valence-electron chi connectivity index (χ1n) is 5.24. The summed E-state index contributed by atoms with van der Waals surface area (Å²) in [6.45, 7) is -1.49. The smallest absolute Gasteiger partial charge is 0.387 e. The fraction of sp³-hybridized carbons (Fsp3) is 0.455. The van der Waals surface area contributed by atoms with Crippen molar-refractivity contribution in [2.75, 3.05) is 18.5 Å². The van der Waals surface area contributed by atoms with Gasteiger partial charge in [0, 0.05) is 12.3 Å². The van der Waals surface area contributed by atoms with Gasteiger partial charge in [-0.1, -0.05) is 11.6 Å².